The molecule has 1 amide bonds. The monoisotopic (exact) mass is 546 g/mol. The summed E-state index contributed by atoms with van der Waals surface area (Å²) in [7, 11) is 0. The number of carbonyl (C=O) groups excluding carboxylic acids is 1. The first kappa shape index (κ1) is 26.9. The molecule has 0 atom stereocenters. The van der Waals surface area contributed by atoms with Crippen LogP contribution in [-0.4, -0.2) is 56.7 Å². The normalized spacial score (nSPS) is 18.7. The van der Waals surface area contributed by atoms with Crippen LogP contribution >= 0.6 is 0 Å². The molecule has 4 N–H and O–H groups in total. The number of carbonyl (C=O) groups is 2. The number of carboxylic acids is 1. The molecule has 40 heavy (non-hydrogen) atoms. The molecular formula is C28H27FN6O5. The fourth-order valence-corrected chi connectivity index (χ4v) is 4.07. The number of hydrogen-bond donors (Lipinski definition) is 4. The van der Waals surface area contributed by atoms with Crippen LogP contribution in [0.15, 0.2) is 66.9 Å². The molecule has 12 heteroatoms. The molecule has 0 saturated carbocycles. The summed E-state index contributed by atoms with van der Waals surface area (Å²) in [5, 5.41) is 14.7. The van der Waals surface area contributed by atoms with Gasteiger partial charge < -0.3 is 30.2 Å². The van der Waals surface area contributed by atoms with Crippen LogP contribution in [0, 0.1) is 11.2 Å². The Morgan fingerprint density at radius 2 is 1.80 bits per heavy atom. The summed E-state index contributed by atoms with van der Waals surface area (Å²) in [6.07, 6.45) is 0.548. The molecular weight excluding hydrogens is 519 g/mol. The summed E-state index contributed by atoms with van der Waals surface area (Å²) in [6, 6.07) is 16.7. The van der Waals surface area contributed by atoms with Crippen LogP contribution in [0.4, 0.5) is 16.0 Å². The molecule has 11 nitrogen and oxygen atoms in total. The maximum Gasteiger partial charge on any atom is 0.305 e. The average Bonchev–Trinajstić information content (AvgIpc) is 3.40. The molecule has 206 valence electrons. The first-order valence-corrected chi connectivity index (χ1v) is 12.6. The summed E-state index contributed by atoms with van der Waals surface area (Å²) in [4.78, 5) is 40.4. The van der Waals surface area contributed by atoms with E-state index in [1.807, 2.05) is 18.2 Å². The van der Waals surface area contributed by atoms with Crippen LogP contribution in [0.1, 0.15) is 25.5 Å². The number of benzene rings is 2. The van der Waals surface area contributed by atoms with Crippen molar-refractivity contribution in [2.45, 2.75) is 19.6 Å². The van der Waals surface area contributed by atoms with Gasteiger partial charge in [-0.2, -0.15) is 0 Å². The van der Waals surface area contributed by atoms with Gasteiger partial charge >= 0.3 is 5.97 Å². The van der Waals surface area contributed by atoms with E-state index in [4.69, 9.17) is 19.6 Å². The number of ether oxygens (including phenoxy) is 2. The highest BCUT2D eigenvalue weighted by molar-refractivity contribution is 5.95. The van der Waals surface area contributed by atoms with Crippen LogP contribution in [0.2, 0.25) is 0 Å². The topological polar surface area (TPSA) is 151 Å². The quantitative estimate of drug-likeness (QED) is 0.241. The van der Waals surface area contributed by atoms with Crippen molar-refractivity contribution in [2.24, 2.45) is 5.41 Å². The van der Waals surface area contributed by atoms with Crippen LogP contribution in [0.25, 0.3) is 22.6 Å². The van der Waals surface area contributed by atoms with E-state index in [0.29, 0.717) is 34.2 Å². The van der Waals surface area contributed by atoms with Gasteiger partial charge in [0.15, 0.2) is 5.82 Å². The van der Waals surface area contributed by atoms with Crippen molar-refractivity contribution in [3.63, 3.8) is 0 Å². The Bertz CT molecular complexity index is 1490. The number of para-hydroxylation sites is 1. The lowest BCUT2D eigenvalue weighted by Gasteiger charge is -2.35. The van der Waals surface area contributed by atoms with Gasteiger partial charge in [0, 0.05) is 24.0 Å². The second-order valence-electron chi connectivity index (χ2n) is 9.52. The number of hydrogen-bond acceptors (Lipinski definition) is 8. The van der Waals surface area contributed by atoms with Gasteiger partial charge in [0.25, 0.3) is 0 Å². The molecule has 1 saturated heterocycles. The van der Waals surface area contributed by atoms with Crippen molar-refractivity contribution in [1.29, 1.82) is 0 Å². The molecule has 4 aromatic rings. The predicted molar refractivity (Wildman–Crippen MR) is 144 cm³/mol. The number of imidazole rings is 1. The molecule has 2 aromatic heterocycles. The third kappa shape index (κ3) is 6.14. The van der Waals surface area contributed by atoms with Crippen LogP contribution in [0.3, 0.4) is 0 Å². The largest absolute Gasteiger partial charge is 0.481 e. The number of halogens is 1. The Kier molecular flexibility index (Phi) is 7.80. The van der Waals surface area contributed by atoms with E-state index in [-0.39, 0.29) is 43.9 Å². The number of nitrogens with zero attached hydrogens (tertiary/aromatic N) is 3. The van der Waals surface area contributed by atoms with E-state index in [1.54, 1.807) is 37.3 Å². The minimum Gasteiger partial charge on any atom is -0.481 e. The fourth-order valence-electron chi connectivity index (χ4n) is 4.07. The Morgan fingerprint density at radius 3 is 2.50 bits per heavy atom. The lowest BCUT2D eigenvalue weighted by molar-refractivity contribution is -0.229. The third-order valence-electron chi connectivity index (χ3n) is 6.28. The molecule has 1 aliphatic heterocycles. The first-order valence-electron chi connectivity index (χ1n) is 12.6. The van der Waals surface area contributed by atoms with Crippen molar-refractivity contribution in [1.82, 2.24) is 19.9 Å². The SMILES string of the molecule is CC1(C(=O)Nc2ccccc2)COC(c2nc(-c3ccc(F)cc3)c(-c3ccnc(NCCC(=O)O)n3)[nH]2)OC1. The van der Waals surface area contributed by atoms with E-state index in [2.05, 4.69) is 25.6 Å². The summed E-state index contributed by atoms with van der Waals surface area (Å²) < 4.78 is 25.6. The molecule has 0 bridgehead atoms. The molecule has 0 aliphatic carbocycles. The molecule has 5 rings (SSSR count). The standard InChI is InChI=1S/C28H27FN6O5/c1-28(26(38)32-19-5-3-2-4-6-19)15-39-25(40-16-28)24-34-22(17-7-9-18(29)10-8-17)23(35-24)20-11-13-30-27(33-20)31-14-12-21(36)37/h2-11,13,25H,12,14-16H2,1H3,(H,32,38)(H,34,35)(H,36,37)(H,30,31,33). The first-order chi connectivity index (χ1) is 19.3. The van der Waals surface area contributed by atoms with Gasteiger partial charge in [-0.15, -0.1) is 0 Å². The van der Waals surface area contributed by atoms with E-state index in [0.717, 1.165) is 0 Å². The third-order valence-corrected chi connectivity index (χ3v) is 6.28. The van der Waals surface area contributed by atoms with Crippen LogP contribution in [-0.2, 0) is 19.1 Å². The molecule has 2 aromatic carbocycles. The van der Waals surface area contributed by atoms with Gasteiger partial charge in [-0.3, -0.25) is 9.59 Å². The van der Waals surface area contributed by atoms with Crippen molar-refractivity contribution in [2.75, 3.05) is 30.4 Å². The second-order valence-corrected chi connectivity index (χ2v) is 9.52. The zero-order valence-corrected chi connectivity index (χ0v) is 21.6. The Labute approximate surface area is 228 Å². The molecule has 3 heterocycles. The number of aromatic amines is 1. The minimum atomic E-state index is -0.943. The summed E-state index contributed by atoms with van der Waals surface area (Å²) >= 11 is 0. The van der Waals surface area contributed by atoms with Gasteiger partial charge in [0.2, 0.25) is 18.1 Å². The average molecular weight is 547 g/mol. The highest BCUT2D eigenvalue weighted by atomic mass is 19.1. The Balaban J connectivity index is 1.38. The van der Waals surface area contributed by atoms with Crippen LogP contribution < -0.4 is 10.6 Å². The zero-order valence-electron chi connectivity index (χ0n) is 21.6. The Morgan fingerprint density at radius 1 is 1.07 bits per heavy atom. The molecule has 0 spiro atoms. The van der Waals surface area contributed by atoms with Crippen molar-refractivity contribution >= 4 is 23.5 Å². The van der Waals surface area contributed by atoms with E-state index in [1.165, 1.54) is 18.3 Å². The maximum atomic E-state index is 13.7. The van der Waals surface area contributed by atoms with Gasteiger partial charge in [0.05, 0.1) is 42.1 Å². The lowest BCUT2D eigenvalue weighted by atomic mass is 9.91. The summed E-state index contributed by atoms with van der Waals surface area (Å²) in [6.45, 7) is 2.09. The number of carboxylic acid groups (broad SMARTS) is 1. The van der Waals surface area contributed by atoms with Gasteiger partial charge in [-0.05, 0) is 49.4 Å². The number of amides is 1. The van der Waals surface area contributed by atoms with Gasteiger partial charge in [-0.25, -0.2) is 19.3 Å². The van der Waals surface area contributed by atoms with E-state index >= 15 is 0 Å². The summed E-state index contributed by atoms with van der Waals surface area (Å²) in [5.41, 5.74) is 1.83. The highest BCUT2D eigenvalue weighted by Crippen LogP contribution is 2.36. The molecule has 0 unspecified atom stereocenters. The number of aromatic nitrogens is 4. The van der Waals surface area contributed by atoms with Crippen LogP contribution in [0.5, 0.6) is 0 Å². The number of H-pyrrole nitrogens is 1. The smallest absolute Gasteiger partial charge is 0.305 e. The van der Waals surface area contributed by atoms with Crippen molar-refractivity contribution < 1.29 is 28.6 Å². The van der Waals surface area contributed by atoms with Crippen molar-refractivity contribution in [3.8, 4) is 22.6 Å². The minimum absolute atomic E-state index is 0.0867. The molecule has 1 fully saturated rings. The molecule has 0 radical (unpaired) electrons. The zero-order chi connectivity index (χ0) is 28.1. The van der Waals surface area contributed by atoms with Gasteiger partial charge in [-0.1, -0.05) is 18.2 Å². The maximum absolute atomic E-state index is 13.7. The van der Waals surface area contributed by atoms with E-state index < -0.39 is 17.7 Å². The number of rotatable bonds is 9. The fraction of sp³-hybridized carbons (Fsp3) is 0.250. The summed E-state index contributed by atoms with van der Waals surface area (Å²) in [5.74, 6) is -0.973. The predicted octanol–water partition coefficient (Wildman–Crippen LogP) is 4.25. The number of nitrogens with one attached hydrogen (secondary N) is 3. The number of aliphatic carboxylic acids is 1. The molecule has 1 aliphatic rings. The number of anilines is 2. The van der Waals surface area contributed by atoms with Crippen molar-refractivity contribution in [3.05, 3.63) is 78.5 Å². The Hall–Kier alpha value is -4.68. The lowest BCUT2D eigenvalue weighted by Crippen LogP contribution is -2.45. The highest BCUT2D eigenvalue weighted by Gasteiger charge is 2.41. The second kappa shape index (κ2) is 11.6. The van der Waals surface area contributed by atoms with Gasteiger partial charge in [0.1, 0.15) is 5.82 Å². The van der Waals surface area contributed by atoms with E-state index in [9.17, 15) is 14.0 Å².